The van der Waals surface area contributed by atoms with Gasteiger partial charge in [-0.2, -0.15) is 0 Å². The zero-order valence-corrected chi connectivity index (χ0v) is 14.6. The molecule has 1 aliphatic heterocycles. The van der Waals surface area contributed by atoms with Crippen molar-refractivity contribution in [2.75, 3.05) is 24.5 Å². The number of benzene rings is 1. The highest BCUT2D eigenvalue weighted by molar-refractivity contribution is 6.01. The van der Waals surface area contributed by atoms with Gasteiger partial charge in [0.15, 0.2) is 5.69 Å². The number of amides is 2. The Morgan fingerprint density at radius 3 is 2.48 bits per heavy atom. The number of rotatable bonds is 3. The van der Waals surface area contributed by atoms with Crippen molar-refractivity contribution in [1.29, 1.82) is 0 Å². The summed E-state index contributed by atoms with van der Waals surface area (Å²) in [6.45, 7) is 6.08. The van der Waals surface area contributed by atoms with Crippen LogP contribution in [0.5, 0.6) is 0 Å². The lowest BCUT2D eigenvalue weighted by Gasteiger charge is -2.34. The number of aryl methyl sites for hydroxylation is 3. The van der Waals surface area contributed by atoms with E-state index in [0.29, 0.717) is 24.4 Å². The summed E-state index contributed by atoms with van der Waals surface area (Å²) in [7, 11) is 0. The first-order chi connectivity index (χ1) is 11.9. The molecule has 25 heavy (non-hydrogen) atoms. The van der Waals surface area contributed by atoms with E-state index in [1.807, 2.05) is 26.0 Å². The van der Waals surface area contributed by atoms with Crippen molar-refractivity contribution >= 4 is 17.5 Å². The van der Waals surface area contributed by atoms with E-state index < -0.39 is 5.91 Å². The Morgan fingerprint density at radius 1 is 1.20 bits per heavy atom. The number of hydrogen-bond acceptors (Lipinski definition) is 5. The summed E-state index contributed by atoms with van der Waals surface area (Å²) in [6, 6.07) is 5.98. The standard InChI is InChI=1S/C18H21N3O4/c1-11-6-12(2)8-14(7-11)21-5-4-20(9-16(21)23)18(24)17-15(10-22)13(3)25-19-17/h6-8,22H,4-5,9-10H2,1-3H3. The van der Waals surface area contributed by atoms with Gasteiger partial charge in [0.1, 0.15) is 12.3 Å². The van der Waals surface area contributed by atoms with Crippen LogP contribution in [0.25, 0.3) is 0 Å². The van der Waals surface area contributed by atoms with Crippen molar-refractivity contribution in [1.82, 2.24) is 10.1 Å². The maximum atomic E-state index is 12.6. The molecular weight excluding hydrogens is 322 g/mol. The van der Waals surface area contributed by atoms with Crippen LogP contribution in [0.15, 0.2) is 22.7 Å². The topological polar surface area (TPSA) is 86.9 Å². The van der Waals surface area contributed by atoms with Crippen molar-refractivity contribution in [3.8, 4) is 0 Å². The summed E-state index contributed by atoms with van der Waals surface area (Å²) in [5.74, 6) is -0.129. The lowest BCUT2D eigenvalue weighted by molar-refractivity contribution is -0.120. The Balaban J connectivity index is 1.77. The largest absolute Gasteiger partial charge is 0.391 e. The minimum atomic E-state index is -0.394. The van der Waals surface area contributed by atoms with Crippen molar-refractivity contribution in [3.63, 3.8) is 0 Å². The van der Waals surface area contributed by atoms with Gasteiger partial charge in [-0.25, -0.2) is 0 Å². The number of carbonyl (C=O) groups excluding carboxylic acids is 2. The van der Waals surface area contributed by atoms with Crippen LogP contribution in [0.3, 0.4) is 0 Å². The molecule has 1 aromatic heterocycles. The van der Waals surface area contributed by atoms with Gasteiger partial charge in [-0.1, -0.05) is 11.2 Å². The second kappa shape index (κ2) is 6.68. The molecule has 2 heterocycles. The van der Waals surface area contributed by atoms with E-state index in [9.17, 15) is 14.7 Å². The Morgan fingerprint density at radius 2 is 1.88 bits per heavy atom. The molecule has 7 heteroatoms. The van der Waals surface area contributed by atoms with Crippen molar-refractivity contribution in [3.05, 3.63) is 46.3 Å². The fraction of sp³-hybridized carbons (Fsp3) is 0.389. The maximum Gasteiger partial charge on any atom is 0.276 e. The van der Waals surface area contributed by atoms with Gasteiger partial charge in [0, 0.05) is 18.8 Å². The second-order valence-electron chi connectivity index (χ2n) is 6.34. The Bertz CT molecular complexity index is 807. The van der Waals surface area contributed by atoms with Gasteiger partial charge in [0.25, 0.3) is 5.91 Å². The Labute approximate surface area is 145 Å². The van der Waals surface area contributed by atoms with Crippen molar-refractivity contribution < 1.29 is 19.2 Å². The summed E-state index contributed by atoms with van der Waals surface area (Å²) >= 11 is 0. The monoisotopic (exact) mass is 343 g/mol. The first kappa shape index (κ1) is 17.2. The van der Waals surface area contributed by atoms with E-state index in [0.717, 1.165) is 16.8 Å². The molecule has 132 valence electrons. The van der Waals surface area contributed by atoms with E-state index in [4.69, 9.17) is 4.52 Å². The molecule has 1 aromatic carbocycles. The summed E-state index contributed by atoms with van der Waals surface area (Å²) in [5.41, 5.74) is 3.48. The molecule has 0 unspecified atom stereocenters. The Kier molecular flexibility index (Phi) is 4.59. The average molecular weight is 343 g/mol. The molecule has 7 nitrogen and oxygen atoms in total. The molecule has 0 spiro atoms. The van der Waals surface area contributed by atoms with Crippen molar-refractivity contribution in [2.24, 2.45) is 0 Å². The minimum Gasteiger partial charge on any atom is -0.391 e. The molecule has 0 aliphatic carbocycles. The van der Waals surface area contributed by atoms with Crippen LogP contribution in [-0.2, 0) is 11.4 Å². The van der Waals surface area contributed by atoms with E-state index in [2.05, 4.69) is 11.2 Å². The molecule has 0 radical (unpaired) electrons. The number of aliphatic hydroxyl groups is 1. The maximum absolute atomic E-state index is 12.6. The summed E-state index contributed by atoms with van der Waals surface area (Å²) in [6.07, 6.45) is 0. The third kappa shape index (κ3) is 3.28. The van der Waals surface area contributed by atoms with Crippen LogP contribution in [-0.4, -0.2) is 46.6 Å². The molecule has 0 saturated carbocycles. The third-order valence-corrected chi connectivity index (χ3v) is 4.37. The number of hydrogen-bond donors (Lipinski definition) is 1. The number of aliphatic hydroxyl groups excluding tert-OH is 1. The zero-order chi connectivity index (χ0) is 18.1. The van der Waals surface area contributed by atoms with E-state index >= 15 is 0 Å². The van der Waals surface area contributed by atoms with Crippen molar-refractivity contribution in [2.45, 2.75) is 27.4 Å². The lowest BCUT2D eigenvalue weighted by Crippen LogP contribution is -2.52. The fourth-order valence-corrected chi connectivity index (χ4v) is 3.12. The van der Waals surface area contributed by atoms with Crippen LogP contribution in [0.4, 0.5) is 5.69 Å². The molecule has 1 saturated heterocycles. The number of carbonyl (C=O) groups is 2. The first-order valence-electron chi connectivity index (χ1n) is 8.14. The highest BCUT2D eigenvalue weighted by Gasteiger charge is 2.31. The molecule has 1 fully saturated rings. The minimum absolute atomic E-state index is 0.0252. The van der Waals surface area contributed by atoms with Gasteiger partial charge >= 0.3 is 0 Å². The van der Waals surface area contributed by atoms with Crippen LogP contribution >= 0.6 is 0 Å². The zero-order valence-electron chi connectivity index (χ0n) is 14.6. The normalized spacial score (nSPS) is 15.0. The predicted molar refractivity (Wildman–Crippen MR) is 91.3 cm³/mol. The molecule has 3 rings (SSSR count). The van der Waals surface area contributed by atoms with Crippen LogP contribution < -0.4 is 4.90 Å². The smallest absolute Gasteiger partial charge is 0.276 e. The highest BCUT2D eigenvalue weighted by atomic mass is 16.5. The molecule has 0 atom stereocenters. The van der Waals surface area contributed by atoms with Gasteiger partial charge in [-0.3, -0.25) is 9.59 Å². The van der Waals surface area contributed by atoms with E-state index in [1.165, 1.54) is 4.90 Å². The average Bonchev–Trinajstić information content (AvgIpc) is 2.93. The summed E-state index contributed by atoms with van der Waals surface area (Å²) < 4.78 is 4.99. The summed E-state index contributed by atoms with van der Waals surface area (Å²) in [4.78, 5) is 28.3. The quantitative estimate of drug-likeness (QED) is 0.914. The number of nitrogens with zero attached hydrogens (tertiary/aromatic N) is 3. The van der Waals surface area contributed by atoms with Gasteiger partial charge in [0.05, 0.1) is 12.2 Å². The highest BCUT2D eigenvalue weighted by Crippen LogP contribution is 2.22. The van der Waals surface area contributed by atoms with Crippen LogP contribution in [0.1, 0.15) is 32.9 Å². The van der Waals surface area contributed by atoms with Gasteiger partial charge in [-0.15, -0.1) is 0 Å². The van der Waals surface area contributed by atoms with Gasteiger partial charge < -0.3 is 19.4 Å². The van der Waals surface area contributed by atoms with Gasteiger partial charge in [-0.05, 0) is 44.0 Å². The number of piperazine rings is 1. The Hall–Kier alpha value is -2.67. The molecule has 1 aliphatic rings. The predicted octanol–water partition coefficient (Wildman–Crippen LogP) is 1.58. The molecule has 2 amide bonds. The molecule has 1 N–H and O–H groups in total. The summed E-state index contributed by atoms with van der Waals surface area (Å²) in [5, 5.41) is 13.1. The third-order valence-electron chi connectivity index (χ3n) is 4.37. The number of anilines is 1. The molecular formula is C18H21N3O4. The lowest BCUT2D eigenvalue weighted by atomic mass is 10.1. The fourth-order valence-electron chi connectivity index (χ4n) is 3.12. The molecule has 2 aromatic rings. The van der Waals surface area contributed by atoms with Gasteiger partial charge in [0.2, 0.25) is 5.91 Å². The van der Waals surface area contributed by atoms with Crippen LogP contribution in [0.2, 0.25) is 0 Å². The van der Waals surface area contributed by atoms with Crippen LogP contribution in [0, 0.1) is 20.8 Å². The second-order valence-corrected chi connectivity index (χ2v) is 6.34. The molecule has 0 bridgehead atoms. The number of aromatic nitrogens is 1. The van der Waals surface area contributed by atoms with E-state index in [1.54, 1.807) is 11.8 Å². The van der Waals surface area contributed by atoms with E-state index in [-0.39, 0.29) is 24.8 Å². The SMILES string of the molecule is Cc1cc(C)cc(N2CCN(C(=O)c3noc(C)c3CO)CC2=O)c1. The first-order valence-corrected chi connectivity index (χ1v) is 8.14.